The minimum absolute atomic E-state index is 0.0641. The van der Waals surface area contributed by atoms with Gasteiger partial charge in [0.25, 0.3) is 0 Å². The van der Waals surface area contributed by atoms with Crippen molar-refractivity contribution in [1.29, 1.82) is 0 Å². The van der Waals surface area contributed by atoms with E-state index < -0.39 is 30.7 Å². The van der Waals surface area contributed by atoms with Crippen LogP contribution >= 0.6 is 15.9 Å². The second kappa shape index (κ2) is 8.19. The normalized spacial score (nSPS) is 12.9. The Kier molecular flexibility index (Phi) is 6.91. The number of carboxylic acid groups (broad SMARTS) is 1. The third-order valence-corrected chi connectivity index (χ3v) is 3.48. The molecule has 0 saturated heterocycles. The standard InChI is InChI=1S/C13H10BrF7N2O4/c1-26-8-2-6(7(14)3-9(8)27-5-10(24)25)4-22-23-13(20,21)11(15,16)12(17,18)19/h2-4,23H,5H2,1H3,(H,24,25)/b22-4+. The summed E-state index contributed by atoms with van der Waals surface area (Å²) in [5.74, 6) is -7.80. The predicted molar refractivity (Wildman–Crippen MR) is 80.5 cm³/mol. The van der Waals surface area contributed by atoms with Crippen LogP contribution < -0.4 is 14.9 Å². The number of hydrazone groups is 1. The van der Waals surface area contributed by atoms with Crippen molar-refractivity contribution in [3.8, 4) is 11.5 Å². The number of hydrogen-bond donors (Lipinski definition) is 2. The first-order chi connectivity index (χ1) is 12.2. The van der Waals surface area contributed by atoms with Gasteiger partial charge in [-0.1, -0.05) is 0 Å². The van der Waals surface area contributed by atoms with Crippen LogP contribution in [0.1, 0.15) is 5.56 Å². The number of carbonyl (C=O) groups is 1. The molecule has 0 aliphatic rings. The smallest absolute Gasteiger partial charge is 0.462 e. The minimum Gasteiger partial charge on any atom is -0.493 e. The van der Waals surface area contributed by atoms with E-state index >= 15 is 0 Å². The molecule has 0 atom stereocenters. The zero-order valence-electron chi connectivity index (χ0n) is 13.1. The number of methoxy groups -OCH3 is 1. The van der Waals surface area contributed by atoms with E-state index in [0.717, 1.165) is 19.2 Å². The number of halogens is 8. The Morgan fingerprint density at radius 1 is 1.22 bits per heavy atom. The molecule has 6 nitrogen and oxygen atoms in total. The number of ether oxygens (including phenoxy) is 2. The number of carboxylic acids is 1. The van der Waals surface area contributed by atoms with Gasteiger partial charge < -0.3 is 14.6 Å². The van der Waals surface area contributed by atoms with Crippen LogP contribution in [0.4, 0.5) is 30.7 Å². The van der Waals surface area contributed by atoms with Gasteiger partial charge in [-0.15, -0.1) is 0 Å². The molecule has 0 aromatic heterocycles. The van der Waals surface area contributed by atoms with Crippen LogP contribution in [0.15, 0.2) is 21.7 Å². The Bertz CT molecular complexity index is 725. The minimum atomic E-state index is -6.49. The van der Waals surface area contributed by atoms with E-state index in [1.165, 1.54) is 0 Å². The van der Waals surface area contributed by atoms with Gasteiger partial charge in [0.15, 0.2) is 18.1 Å². The van der Waals surface area contributed by atoms with Gasteiger partial charge >= 0.3 is 24.1 Å². The quantitative estimate of drug-likeness (QED) is 0.262. The molecule has 0 spiro atoms. The summed E-state index contributed by atoms with van der Waals surface area (Å²) in [5.41, 5.74) is 0.393. The average molecular weight is 471 g/mol. The maximum absolute atomic E-state index is 13.1. The van der Waals surface area contributed by atoms with Crippen molar-refractivity contribution in [3.63, 3.8) is 0 Å². The monoisotopic (exact) mass is 470 g/mol. The lowest BCUT2D eigenvalue weighted by molar-refractivity contribution is -0.361. The fourth-order valence-electron chi connectivity index (χ4n) is 1.49. The van der Waals surface area contributed by atoms with Gasteiger partial charge in [0, 0.05) is 10.0 Å². The Morgan fingerprint density at radius 2 is 1.81 bits per heavy atom. The van der Waals surface area contributed by atoms with Gasteiger partial charge in [0.2, 0.25) is 0 Å². The molecule has 0 unspecified atom stereocenters. The molecule has 0 aliphatic heterocycles. The molecule has 0 saturated carbocycles. The molecule has 0 radical (unpaired) electrons. The Hall–Kier alpha value is -2.25. The summed E-state index contributed by atoms with van der Waals surface area (Å²) < 4.78 is 97.5. The molecule has 152 valence electrons. The lowest BCUT2D eigenvalue weighted by Gasteiger charge is -2.27. The predicted octanol–water partition coefficient (Wildman–Crippen LogP) is 3.64. The summed E-state index contributed by atoms with van der Waals surface area (Å²) in [7, 11) is 1.16. The van der Waals surface area contributed by atoms with E-state index in [1.54, 1.807) is 0 Å². The second-order valence-electron chi connectivity index (χ2n) is 4.72. The second-order valence-corrected chi connectivity index (χ2v) is 5.58. The van der Waals surface area contributed by atoms with Crippen LogP contribution in [0.3, 0.4) is 0 Å². The first-order valence-electron chi connectivity index (χ1n) is 6.57. The van der Waals surface area contributed by atoms with Crippen molar-refractivity contribution >= 4 is 28.1 Å². The van der Waals surface area contributed by atoms with Gasteiger partial charge in [-0.3, -0.25) is 0 Å². The Labute approximate surface area is 155 Å². The largest absolute Gasteiger partial charge is 0.493 e. The zero-order chi connectivity index (χ0) is 21.0. The Morgan fingerprint density at radius 3 is 2.30 bits per heavy atom. The molecule has 0 heterocycles. The van der Waals surface area contributed by atoms with Gasteiger partial charge in [-0.05, 0) is 28.1 Å². The van der Waals surface area contributed by atoms with Crippen molar-refractivity contribution in [2.45, 2.75) is 18.1 Å². The molecule has 0 aliphatic carbocycles. The van der Waals surface area contributed by atoms with E-state index in [1.807, 2.05) is 0 Å². The first-order valence-corrected chi connectivity index (χ1v) is 7.37. The molecule has 1 aromatic rings. The number of nitrogens with one attached hydrogen (secondary N) is 1. The van der Waals surface area contributed by atoms with Crippen LogP contribution in [-0.2, 0) is 4.79 Å². The van der Waals surface area contributed by atoms with Crippen LogP contribution in [-0.4, -0.2) is 49.2 Å². The average Bonchev–Trinajstić information content (AvgIpc) is 2.53. The lowest BCUT2D eigenvalue weighted by Crippen LogP contribution is -2.58. The van der Waals surface area contributed by atoms with Gasteiger partial charge in [-0.25, -0.2) is 10.2 Å². The molecule has 0 bridgehead atoms. The van der Waals surface area contributed by atoms with Crippen LogP contribution in [0.25, 0.3) is 0 Å². The van der Waals surface area contributed by atoms with E-state index in [9.17, 15) is 35.5 Å². The lowest BCUT2D eigenvalue weighted by atomic mass is 10.2. The fraction of sp³-hybridized carbons (Fsp3) is 0.385. The van der Waals surface area contributed by atoms with Gasteiger partial charge in [0.05, 0.1) is 13.3 Å². The highest BCUT2D eigenvalue weighted by Crippen LogP contribution is 2.45. The molecule has 2 N–H and O–H groups in total. The van der Waals surface area contributed by atoms with Crippen molar-refractivity contribution < 1.29 is 50.1 Å². The topological polar surface area (TPSA) is 80.1 Å². The van der Waals surface area contributed by atoms with Crippen molar-refractivity contribution in [3.05, 3.63) is 22.2 Å². The maximum atomic E-state index is 13.1. The number of aliphatic carboxylic acids is 1. The first kappa shape index (κ1) is 22.8. The number of rotatable bonds is 8. The van der Waals surface area contributed by atoms with E-state index in [4.69, 9.17) is 14.6 Å². The summed E-state index contributed by atoms with van der Waals surface area (Å²) >= 11 is 2.95. The molecule has 0 amide bonds. The highest BCUT2D eigenvalue weighted by Gasteiger charge is 2.73. The molecular weight excluding hydrogens is 461 g/mol. The molecule has 0 fully saturated rings. The third-order valence-electron chi connectivity index (χ3n) is 2.79. The third kappa shape index (κ3) is 5.37. The molecular formula is C13H10BrF7N2O4. The summed E-state index contributed by atoms with van der Waals surface area (Å²) in [6, 6.07) is -3.46. The van der Waals surface area contributed by atoms with Crippen molar-refractivity contribution in [2.75, 3.05) is 13.7 Å². The zero-order valence-corrected chi connectivity index (χ0v) is 14.7. The fourth-order valence-corrected chi connectivity index (χ4v) is 1.92. The van der Waals surface area contributed by atoms with Crippen LogP contribution in [0, 0.1) is 0 Å². The molecule has 27 heavy (non-hydrogen) atoms. The number of nitrogens with zero attached hydrogens (tertiary/aromatic N) is 1. The summed E-state index contributed by atoms with van der Waals surface area (Å²) in [5, 5.41) is 11.3. The molecule has 1 rings (SSSR count). The van der Waals surface area contributed by atoms with Crippen molar-refractivity contribution in [1.82, 2.24) is 5.43 Å². The number of benzene rings is 1. The van der Waals surface area contributed by atoms with E-state index in [-0.39, 0.29) is 21.5 Å². The van der Waals surface area contributed by atoms with Crippen LogP contribution in [0.5, 0.6) is 11.5 Å². The van der Waals surface area contributed by atoms with Gasteiger partial charge in [-0.2, -0.15) is 35.8 Å². The van der Waals surface area contributed by atoms with Crippen LogP contribution in [0.2, 0.25) is 0 Å². The summed E-state index contributed by atoms with van der Waals surface area (Å²) in [4.78, 5) is 10.5. The summed E-state index contributed by atoms with van der Waals surface area (Å²) in [6.07, 6.45) is -5.97. The highest BCUT2D eigenvalue weighted by atomic mass is 79.9. The van der Waals surface area contributed by atoms with Crippen molar-refractivity contribution in [2.24, 2.45) is 5.10 Å². The number of hydrogen-bond acceptors (Lipinski definition) is 5. The Balaban J connectivity index is 3.03. The maximum Gasteiger partial charge on any atom is 0.462 e. The van der Waals surface area contributed by atoms with E-state index in [2.05, 4.69) is 21.0 Å². The summed E-state index contributed by atoms with van der Waals surface area (Å²) in [6.45, 7) is -0.726. The molecule has 1 aromatic carbocycles. The van der Waals surface area contributed by atoms with E-state index in [0.29, 0.717) is 11.6 Å². The number of alkyl halides is 7. The highest BCUT2D eigenvalue weighted by molar-refractivity contribution is 9.10. The van der Waals surface area contributed by atoms with Gasteiger partial charge in [0.1, 0.15) is 0 Å². The SMILES string of the molecule is COc1cc(/C=N/NC(F)(F)C(F)(F)C(F)(F)F)c(Br)cc1OCC(=O)O. The molecule has 14 heteroatoms.